The molecule has 0 fully saturated rings. The number of nitrogens with zero attached hydrogens (tertiary/aromatic N) is 1. The van der Waals surface area contributed by atoms with Gasteiger partial charge in [0.05, 0.1) is 11.0 Å². The van der Waals surface area contributed by atoms with Crippen LogP contribution in [0.5, 0.6) is 0 Å². The highest BCUT2D eigenvalue weighted by Crippen LogP contribution is 2.16. The lowest BCUT2D eigenvalue weighted by Crippen LogP contribution is -2.47. The molecule has 3 N–H and O–H groups in total. The SMILES string of the molecule is CC(C)[C@H](NC(=O)c1c(F)cccc1F)C(=O)Nc1nc2ccccc2[nH]1. The Morgan fingerprint density at radius 2 is 1.70 bits per heavy atom. The Kier molecular flexibility index (Phi) is 5.16. The number of aromatic nitrogens is 2. The summed E-state index contributed by atoms with van der Waals surface area (Å²) in [6.07, 6.45) is 0. The maximum Gasteiger partial charge on any atom is 0.257 e. The van der Waals surface area contributed by atoms with Crippen molar-refractivity contribution in [2.45, 2.75) is 19.9 Å². The predicted octanol–water partition coefficient (Wildman–Crippen LogP) is 3.23. The molecule has 3 aromatic rings. The molecular formula is C19H18F2N4O2. The monoisotopic (exact) mass is 372 g/mol. The van der Waals surface area contributed by atoms with Gasteiger partial charge in [-0.1, -0.05) is 32.0 Å². The third kappa shape index (κ3) is 3.94. The predicted molar refractivity (Wildman–Crippen MR) is 97.2 cm³/mol. The van der Waals surface area contributed by atoms with Gasteiger partial charge in [-0.2, -0.15) is 0 Å². The fourth-order valence-corrected chi connectivity index (χ4v) is 2.67. The van der Waals surface area contributed by atoms with Gasteiger partial charge in [0.15, 0.2) is 0 Å². The molecule has 8 heteroatoms. The average molecular weight is 372 g/mol. The molecule has 2 aromatic carbocycles. The van der Waals surface area contributed by atoms with Gasteiger partial charge in [-0.25, -0.2) is 13.8 Å². The van der Waals surface area contributed by atoms with Crippen LogP contribution in [0.15, 0.2) is 42.5 Å². The summed E-state index contributed by atoms with van der Waals surface area (Å²) in [5.74, 6) is -3.63. The molecule has 3 rings (SSSR count). The van der Waals surface area contributed by atoms with E-state index in [0.717, 1.165) is 23.7 Å². The van der Waals surface area contributed by atoms with E-state index in [9.17, 15) is 18.4 Å². The molecule has 0 aliphatic rings. The minimum atomic E-state index is -1.01. The molecule has 27 heavy (non-hydrogen) atoms. The minimum absolute atomic E-state index is 0.221. The van der Waals surface area contributed by atoms with E-state index in [0.29, 0.717) is 5.52 Å². The number of aromatic amines is 1. The Morgan fingerprint density at radius 1 is 1.04 bits per heavy atom. The van der Waals surface area contributed by atoms with E-state index in [1.807, 2.05) is 12.1 Å². The van der Waals surface area contributed by atoms with Crippen molar-refractivity contribution in [1.29, 1.82) is 0 Å². The van der Waals surface area contributed by atoms with Crippen molar-refractivity contribution in [1.82, 2.24) is 15.3 Å². The maximum absolute atomic E-state index is 13.8. The van der Waals surface area contributed by atoms with E-state index < -0.39 is 35.1 Å². The summed E-state index contributed by atoms with van der Waals surface area (Å²) in [7, 11) is 0. The first-order valence-electron chi connectivity index (χ1n) is 8.37. The van der Waals surface area contributed by atoms with Crippen LogP contribution in [0, 0.1) is 17.6 Å². The highest BCUT2D eigenvalue weighted by atomic mass is 19.1. The average Bonchev–Trinajstić information content (AvgIpc) is 3.01. The molecule has 0 saturated carbocycles. The fourth-order valence-electron chi connectivity index (χ4n) is 2.67. The Bertz CT molecular complexity index is 947. The van der Waals surface area contributed by atoms with Gasteiger partial charge < -0.3 is 10.3 Å². The molecule has 0 radical (unpaired) electrons. The van der Waals surface area contributed by atoms with Crippen LogP contribution in [0.2, 0.25) is 0 Å². The number of imidazole rings is 1. The number of fused-ring (bicyclic) bond motifs is 1. The molecule has 0 spiro atoms. The summed E-state index contributed by atoms with van der Waals surface area (Å²) in [5.41, 5.74) is 0.692. The van der Waals surface area contributed by atoms with Crippen molar-refractivity contribution in [3.63, 3.8) is 0 Å². The highest BCUT2D eigenvalue weighted by Gasteiger charge is 2.27. The van der Waals surface area contributed by atoms with E-state index >= 15 is 0 Å². The van der Waals surface area contributed by atoms with Gasteiger partial charge in [-0.15, -0.1) is 0 Å². The summed E-state index contributed by atoms with van der Waals surface area (Å²) in [6.45, 7) is 3.42. The van der Waals surface area contributed by atoms with Crippen molar-refractivity contribution in [3.8, 4) is 0 Å². The lowest BCUT2D eigenvalue weighted by molar-refractivity contribution is -0.118. The number of amides is 2. The summed E-state index contributed by atoms with van der Waals surface area (Å²) >= 11 is 0. The second kappa shape index (κ2) is 7.53. The van der Waals surface area contributed by atoms with Gasteiger partial charge >= 0.3 is 0 Å². The summed E-state index contributed by atoms with van der Waals surface area (Å²) in [4.78, 5) is 32.1. The lowest BCUT2D eigenvalue weighted by Gasteiger charge is -2.21. The zero-order valence-corrected chi connectivity index (χ0v) is 14.7. The third-order valence-electron chi connectivity index (χ3n) is 4.06. The number of hydrogen-bond donors (Lipinski definition) is 3. The van der Waals surface area contributed by atoms with E-state index in [1.54, 1.807) is 26.0 Å². The van der Waals surface area contributed by atoms with E-state index in [2.05, 4.69) is 20.6 Å². The molecule has 1 heterocycles. The molecule has 0 saturated heterocycles. The zero-order chi connectivity index (χ0) is 19.6. The van der Waals surface area contributed by atoms with Crippen LogP contribution in [-0.4, -0.2) is 27.8 Å². The molecule has 0 aliphatic heterocycles. The van der Waals surface area contributed by atoms with Gasteiger partial charge in [0.1, 0.15) is 23.2 Å². The minimum Gasteiger partial charge on any atom is -0.340 e. The third-order valence-corrected chi connectivity index (χ3v) is 4.06. The number of benzene rings is 2. The maximum atomic E-state index is 13.8. The summed E-state index contributed by atoms with van der Waals surface area (Å²) in [6, 6.07) is 9.35. The number of carbonyl (C=O) groups excluding carboxylic acids is 2. The quantitative estimate of drug-likeness (QED) is 0.643. The number of rotatable bonds is 5. The fraction of sp³-hybridized carbons (Fsp3) is 0.211. The molecular weight excluding hydrogens is 354 g/mol. The number of nitrogens with one attached hydrogen (secondary N) is 3. The molecule has 0 bridgehead atoms. The first kappa shape index (κ1) is 18.5. The highest BCUT2D eigenvalue weighted by molar-refractivity contribution is 6.01. The van der Waals surface area contributed by atoms with Crippen LogP contribution in [0.25, 0.3) is 11.0 Å². The molecule has 140 valence electrons. The van der Waals surface area contributed by atoms with Crippen LogP contribution in [0.4, 0.5) is 14.7 Å². The smallest absolute Gasteiger partial charge is 0.257 e. The summed E-state index contributed by atoms with van der Waals surface area (Å²) < 4.78 is 27.6. The van der Waals surface area contributed by atoms with Gasteiger partial charge in [-0.3, -0.25) is 14.9 Å². The number of anilines is 1. The number of H-pyrrole nitrogens is 1. The first-order valence-corrected chi connectivity index (χ1v) is 8.37. The number of carbonyl (C=O) groups is 2. The van der Waals surface area contributed by atoms with Gasteiger partial charge in [0.25, 0.3) is 5.91 Å². The number of halogens is 2. The van der Waals surface area contributed by atoms with E-state index in [1.165, 1.54) is 0 Å². The van der Waals surface area contributed by atoms with Gasteiger partial charge in [0, 0.05) is 0 Å². The van der Waals surface area contributed by atoms with Crippen LogP contribution in [-0.2, 0) is 4.79 Å². The molecule has 0 unspecified atom stereocenters. The molecule has 1 aromatic heterocycles. The topological polar surface area (TPSA) is 86.9 Å². The van der Waals surface area contributed by atoms with Crippen LogP contribution in [0.3, 0.4) is 0 Å². The lowest BCUT2D eigenvalue weighted by atomic mass is 10.0. The van der Waals surface area contributed by atoms with Crippen LogP contribution in [0.1, 0.15) is 24.2 Å². The largest absolute Gasteiger partial charge is 0.340 e. The molecule has 2 amide bonds. The molecule has 6 nitrogen and oxygen atoms in total. The van der Waals surface area contributed by atoms with Gasteiger partial charge in [-0.05, 0) is 30.2 Å². The van der Waals surface area contributed by atoms with Crippen molar-refractivity contribution < 1.29 is 18.4 Å². The van der Waals surface area contributed by atoms with Gasteiger partial charge in [0.2, 0.25) is 11.9 Å². The van der Waals surface area contributed by atoms with Crippen LogP contribution < -0.4 is 10.6 Å². The Morgan fingerprint density at radius 3 is 2.33 bits per heavy atom. The second-order valence-corrected chi connectivity index (χ2v) is 6.38. The van der Waals surface area contributed by atoms with E-state index in [4.69, 9.17) is 0 Å². The Balaban J connectivity index is 1.78. The van der Waals surface area contributed by atoms with Crippen molar-refractivity contribution in [2.75, 3.05) is 5.32 Å². The zero-order valence-electron chi connectivity index (χ0n) is 14.7. The normalized spacial score (nSPS) is 12.2. The second-order valence-electron chi connectivity index (χ2n) is 6.38. The summed E-state index contributed by atoms with van der Waals surface area (Å²) in [5, 5.41) is 4.99. The van der Waals surface area contributed by atoms with Crippen LogP contribution >= 0.6 is 0 Å². The Hall–Kier alpha value is -3.29. The molecule has 0 aliphatic carbocycles. The van der Waals surface area contributed by atoms with Crippen molar-refractivity contribution in [2.24, 2.45) is 5.92 Å². The first-order chi connectivity index (χ1) is 12.9. The Labute approximate surface area is 154 Å². The van der Waals surface area contributed by atoms with Crippen molar-refractivity contribution in [3.05, 3.63) is 59.7 Å². The number of para-hydroxylation sites is 2. The van der Waals surface area contributed by atoms with E-state index in [-0.39, 0.29) is 11.9 Å². The number of hydrogen-bond acceptors (Lipinski definition) is 3. The standard InChI is InChI=1S/C19H18F2N4O2/c1-10(2)16(24-17(26)15-11(20)6-5-7-12(15)21)18(27)25-19-22-13-8-3-4-9-14(13)23-19/h3-10,16H,1-2H3,(H,24,26)(H2,22,23,25,27)/t16-/m0/s1. The molecule has 1 atom stereocenters. The van der Waals surface area contributed by atoms with Crippen molar-refractivity contribution >= 4 is 28.8 Å².